The minimum atomic E-state index is -0.406. The molecule has 0 heterocycles. The number of esters is 2. The van der Waals surface area contributed by atoms with Crippen molar-refractivity contribution in [2.45, 2.75) is 46.0 Å². The highest BCUT2D eigenvalue weighted by atomic mass is 16.5. The lowest BCUT2D eigenvalue weighted by Gasteiger charge is -2.20. The SMILES string of the molecule is COC(=O)c1ccc(Cc2ccc(C(=O)OC)c(C(C)C)c2N)c(N)c1C(C)C. The molecule has 0 spiro atoms. The van der Waals surface area contributed by atoms with Gasteiger partial charge in [-0.05, 0) is 46.2 Å². The van der Waals surface area contributed by atoms with Crippen LogP contribution in [-0.4, -0.2) is 26.2 Å². The maximum absolute atomic E-state index is 12.1. The monoisotopic (exact) mass is 398 g/mol. The van der Waals surface area contributed by atoms with Crippen molar-refractivity contribution in [3.05, 3.63) is 57.6 Å². The fourth-order valence-electron chi connectivity index (χ4n) is 3.70. The first-order valence-electron chi connectivity index (χ1n) is 9.63. The van der Waals surface area contributed by atoms with Gasteiger partial charge < -0.3 is 20.9 Å². The second kappa shape index (κ2) is 8.99. The molecule has 0 aliphatic rings. The van der Waals surface area contributed by atoms with E-state index in [-0.39, 0.29) is 11.8 Å². The van der Waals surface area contributed by atoms with Gasteiger partial charge in [-0.3, -0.25) is 0 Å². The fourth-order valence-corrected chi connectivity index (χ4v) is 3.70. The van der Waals surface area contributed by atoms with Crippen LogP contribution < -0.4 is 11.5 Å². The van der Waals surface area contributed by atoms with Crippen molar-refractivity contribution in [1.29, 1.82) is 0 Å². The van der Waals surface area contributed by atoms with Crippen LogP contribution in [0.15, 0.2) is 24.3 Å². The summed E-state index contributed by atoms with van der Waals surface area (Å²) in [6.07, 6.45) is 0.486. The molecule has 2 aromatic carbocycles. The van der Waals surface area contributed by atoms with Gasteiger partial charge in [0.15, 0.2) is 0 Å². The Labute approximate surface area is 172 Å². The standard InChI is InChI=1S/C23H30N2O4/c1-12(2)18-16(22(26)28-5)9-7-14(20(18)24)11-15-8-10-17(23(27)29-6)19(13(3)4)21(15)25/h7-10,12-13H,11,24-25H2,1-6H3. The van der Waals surface area contributed by atoms with Gasteiger partial charge in [0.1, 0.15) is 0 Å². The summed E-state index contributed by atoms with van der Waals surface area (Å²) in [7, 11) is 2.71. The molecule has 0 atom stereocenters. The van der Waals surface area contributed by atoms with Crippen LogP contribution in [0.1, 0.15) is 82.5 Å². The number of carbonyl (C=O) groups is 2. The van der Waals surface area contributed by atoms with Crippen molar-refractivity contribution in [1.82, 2.24) is 0 Å². The molecule has 0 amide bonds. The van der Waals surface area contributed by atoms with E-state index in [1.54, 1.807) is 12.1 Å². The number of hydrogen-bond donors (Lipinski definition) is 2. The summed E-state index contributed by atoms with van der Waals surface area (Å²) in [4.78, 5) is 24.2. The average Bonchev–Trinajstić information content (AvgIpc) is 2.68. The molecule has 0 unspecified atom stereocenters. The van der Waals surface area contributed by atoms with E-state index in [0.717, 1.165) is 22.3 Å². The van der Waals surface area contributed by atoms with E-state index >= 15 is 0 Å². The molecule has 0 aliphatic carbocycles. The van der Waals surface area contributed by atoms with Crippen molar-refractivity contribution >= 4 is 23.3 Å². The number of benzene rings is 2. The van der Waals surface area contributed by atoms with Gasteiger partial charge in [0.25, 0.3) is 0 Å². The summed E-state index contributed by atoms with van der Waals surface area (Å²) in [6.45, 7) is 7.94. The molecule has 0 radical (unpaired) electrons. The third-order valence-electron chi connectivity index (χ3n) is 5.10. The molecule has 4 N–H and O–H groups in total. The number of nitrogen functional groups attached to an aromatic ring is 2. The largest absolute Gasteiger partial charge is 0.465 e. The maximum Gasteiger partial charge on any atom is 0.338 e. The molecule has 0 bridgehead atoms. The van der Waals surface area contributed by atoms with Gasteiger partial charge in [0, 0.05) is 17.8 Å². The predicted molar refractivity (Wildman–Crippen MR) is 115 cm³/mol. The zero-order valence-corrected chi connectivity index (χ0v) is 18.0. The number of nitrogens with two attached hydrogens (primary N) is 2. The van der Waals surface area contributed by atoms with Crippen molar-refractivity contribution in [3.63, 3.8) is 0 Å². The third kappa shape index (κ3) is 4.36. The van der Waals surface area contributed by atoms with E-state index in [1.165, 1.54) is 14.2 Å². The first-order chi connectivity index (χ1) is 13.6. The number of hydrogen-bond acceptors (Lipinski definition) is 6. The molecule has 6 nitrogen and oxygen atoms in total. The van der Waals surface area contributed by atoms with E-state index in [0.29, 0.717) is 28.9 Å². The van der Waals surface area contributed by atoms with Gasteiger partial charge in [-0.15, -0.1) is 0 Å². The highest BCUT2D eigenvalue weighted by Gasteiger charge is 2.22. The van der Waals surface area contributed by atoms with Crippen LogP contribution >= 0.6 is 0 Å². The smallest absolute Gasteiger partial charge is 0.338 e. The molecule has 0 fully saturated rings. The summed E-state index contributed by atoms with van der Waals surface area (Å²) in [5.74, 6) is -0.712. The van der Waals surface area contributed by atoms with E-state index in [2.05, 4.69) is 0 Å². The first-order valence-corrected chi connectivity index (χ1v) is 9.63. The molecule has 0 saturated carbocycles. The number of anilines is 2. The lowest BCUT2D eigenvalue weighted by atomic mass is 9.87. The summed E-state index contributed by atoms with van der Waals surface area (Å²) in [5, 5.41) is 0. The Bertz CT molecular complexity index is 857. The lowest BCUT2D eigenvalue weighted by molar-refractivity contribution is 0.0590. The molecule has 2 aromatic rings. The Balaban J connectivity index is 2.57. The van der Waals surface area contributed by atoms with Crippen LogP contribution in [0.2, 0.25) is 0 Å². The molecular formula is C23H30N2O4. The number of ether oxygens (including phenoxy) is 2. The van der Waals surface area contributed by atoms with Crippen LogP contribution in [0.25, 0.3) is 0 Å². The van der Waals surface area contributed by atoms with E-state index in [9.17, 15) is 9.59 Å². The minimum Gasteiger partial charge on any atom is -0.465 e. The third-order valence-corrected chi connectivity index (χ3v) is 5.10. The maximum atomic E-state index is 12.1. The molecule has 0 aliphatic heterocycles. The normalized spacial score (nSPS) is 11.0. The Kier molecular flexibility index (Phi) is 6.90. The minimum absolute atomic E-state index is 0.0503. The van der Waals surface area contributed by atoms with E-state index < -0.39 is 11.9 Å². The van der Waals surface area contributed by atoms with Crippen LogP contribution in [0.3, 0.4) is 0 Å². The Morgan fingerprint density at radius 2 is 1.10 bits per heavy atom. The average molecular weight is 399 g/mol. The Hall–Kier alpha value is -3.02. The Morgan fingerprint density at radius 3 is 1.38 bits per heavy atom. The second-order valence-electron chi connectivity index (χ2n) is 7.67. The zero-order valence-electron chi connectivity index (χ0n) is 18.0. The molecule has 2 rings (SSSR count). The van der Waals surface area contributed by atoms with Crippen molar-refractivity contribution in [2.75, 3.05) is 25.7 Å². The quantitative estimate of drug-likeness (QED) is 0.556. The summed E-state index contributed by atoms with van der Waals surface area (Å²) >= 11 is 0. The number of methoxy groups -OCH3 is 2. The molecule has 156 valence electrons. The summed E-state index contributed by atoms with van der Waals surface area (Å²) in [6, 6.07) is 7.15. The predicted octanol–water partition coefficient (Wildman–Crippen LogP) is 4.26. The topological polar surface area (TPSA) is 105 Å². The van der Waals surface area contributed by atoms with Crippen LogP contribution in [0.5, 0.6) is 0 Å². The Morgan fingerprint density at radius 1 is 0.759 bits per heavy atom. The van der Waals surface area contributed by atoms with Gasteiger partial charge >= 0.3 is 11.9 Å². The van der Waals surface area contributed by atoms with Gasteiger partial charge in [-0.1, -0.05) is 39.8 Å². The van der Waals surface area contributed by atoms with Crippen LogP contribution in [0.4, 0.5) is 11.4 Å². The van der Waals surface area contributed by atoms with Gasteiger partial charge in [0.2, 0.25) is 0 Å². The van der Waals surface area contributed by atoms with Crippen molar-refractivity contribution in [2.24, 2.45) is 0 Å². The molecule has 6 heteroatoms. The highest BCUT2D eigenvalue weighted by molar-refractivity contribution is 5.94. The van der Waals surface area contributed by atoms with E-state index in [4.69, 9.17) is 20.9 Å². The molecule has 0 saturated heterocycles. The van der Waals surface area contributed by atoms with Crippen LogP contribution in [0, 0.1) is 0 Å². The van der Waals surface area contributed by atoms with Crippen molar-refractivity contribution in [3.8, 4) is 0 Å². The summed E-state index contributed by atoms with van der Waals surface area (Å²) < 4.78 is 9.78. The van der Waals surface area contributed by atoms with Gasteiger partial charge in [0.05, 0.1) is 25.3 Å². The molecule has 0 aromatic heterocycles. The van der Waals surface area contributed by atoms with Crippen molar-refractivity contribution < 1.29 is 19.1 Å². The zero-order chi connectivity index (χ0) is 21.9. The fraction of sp³-hybridized carbons (Fsp3) is 0.391. The highest BCUT2D eigenvalue weighted by Crippen LogP contribution is 2.34. The van der Waals surface area contributed by atoms with Gasteiger partial charge in [-0.2, -0.15) is 0 Å². The second-order valence-corrected chi connectivity index (χ2v) is 7.67. The number of rotatable bonds is 6. The first kappa shape index (κ1) is 22.3. The lowest BCUT2D eigenvalue weighted by Crippen LogP contribution is -2.13. The number of carbonyl (C=O) groups excluding carboxylic acids is 2. The molecule has 29 heavy (non-hydrogen) atoms. The van der Waals surface area contributed by atoms with E-state index in [1.807, 2.05) is 39.8 Å². The molecular weight excluding hydrogens is 368 g/mol. The summed E-state index contributed by atoms with van der Waals surface area (Å²) in [5.41, 5.74) is 18.2. The van der Waals surface area contributed by atoms with Gasteiger partial charge in [-0.25, -0.2) is 9.59 Å². The van der Waals surface area contributed by atoms with Crippen LogP contribution in [-0.2, 0) is 15.9 Å².